The molecule has 0 saturated carbocycles. The molecular weight excluding hydrogens is 422 g/mol. The standard InChI is InChI=1S/C24H21N5O2S/c1-27(22(30)20-14-25-24-28(23(20)31)12-13-32-24)15-18-16-29(19-10-6-3-7-11-19)26-21(18)17-8-4-2-5-9-17/h2-11,14,16H,12-13,15H2,1H3. The lowest BCUT2D eigenvalue weighted by Crippen LogP contribution is -2.34. The third-order valence-corrected chi connectivity index (χ3v) is 6.37. The molecule has 0 atom stereocenters. The topological polar surface area (TPSA) is 73.0 Å². The van der Waals surface area contributed by atoms with E-state index >= 15 is 0 Å². The Morgan fingerprint density at radius 2 is 1.81 bits per heavy atom. The Morgan fingerprint density at radius 3 is 2.56 bits per heavy atom. The van der Waals surface area contributed by atoms with E-state index < -0.39 is 0 Å². The minimum atomic E-state index is -0.346. The molecule has 0 N–H and O–H groups in total. The lowest BCUT2D eigenvalue weighted by molar-refractivity contribution is 0.0782. The van der Waals surface area contributed by atoms with Crippen molar-refractivity contribution in [3.05, 3.63) is 94.5 Å². The van der Waals surface area contributed by atoms with Gasteiger partial charge in [0.1, 0.15) is 5.56 Å². The largest absolute Gasteiger partial charge is 0.337 e. The van der Waals surface area contributed by atoms with Gasteiger partial charge in [-0.1, -0.05) is 60.3 Å². The van der Waals surface area contributed by atoms with Gasteiger partial charge in [-0.15, -0.1) is 0 Å². The minimum absolute atomic E-state index is 0.0930. The zero-order valence-electron chi connectivity index (χ0n) is 17.5. The van der Waals surface area contributed by atoms with Gasteiger partial charge in [-0.05, 0) is 12.1 Å². The van der Waals surface area contributed by atoms with Gasteiger partial charge >= 0.3 is 0 Å². The molecule has 1 amide bonds. The number of para-hydroxylation sites is 1. The molecule has 5 rings (SSSR count). The van der Waals surface area contributed by atoms with Crippen molar-refractivity contribution in [1.29, 1.82) is 0 Å². The number of amides is 1. The molecule has 2 aromatic heterocycles. The van der Waals surface area contributed by atoms with Gasteiger partial charge in [0.2, 0.25) is 0 Å². The first-order valence-electron chi connectivity index (χ1n) is 10.3. The average Bonchev–Trinajstić information content (AvgIpc) is 3.48. The Kier molecular flexibility index (Phi) is 5.36. The van der Waals surface area contributed by atoms with Gasteiger partial charge < -0.3 is 4.90 Å². The molecule has 0 fully saturated rings. The average molecular weight is 444 g/mol. The van der Waals surface area contributed by atoms with E-state index in [0.29, 0.717) is 18.2 Å². The van der Waals surface area contributed by atoms with Crippen LogP contribution in [-0.4, -0.2) is 42.9 Å². The van der Waals surface area contributed by atoms with Crippen LogP contribution in [0.15, 0.2) is 83.0 Å². The van der Waals surface area contributed by atoms with Gasteiger partial charge in [-0.3, -0.25) is 14.2 Å². The Hall–Kier alpha value is -3.65. The molecule has 3 heterocycles. The van der Waals surface area contributed by atoms with Crippen LogP contribution < -0.4 is 5.56 Å². The van der Waals surface area contributed by atoms with Crippen molar-refractivity contribution in [3.8, 4) is 16.9 Å². The van der Waals surface area contributed by atoms with Crippen LogP contribution in [0.3, 0.4) is 0 Å². The van der Waals surface area contributed by atoms with E-state index in [-0.39, 0.29) is 17.0 Å². The Balaban J connectivity index is 1.49. The van der Waals surface area contributed by atoms with Gasteiger partial charge in [-0.25, -0.2) is 9.67 Å². The van der Waals surface area contributed by atoms with Gasteiger partial charge in [0.15, 0.2) is 5.16 Å². The van der Waals surface area contributed by atoms with E-state index in [9.17, 15) is 9.59 Å². The molecule has 0 bridgehead atoms. The molecule has 8 heteroatoms. The smallest absolute Gasteiger partial charge is 0.267 e. The van der Waals surface area contributed by atoms with Crippen LogP contribution in [0.4, 0.5) is 0 Å². The summed E-state index contributed by atoms with van der Waals surface area (Å²) in [6.07, 6.45) is 3.34. The Bertz CT molecular complexity index is 1330. The highest BCUT2D eigenvalue weighted by atomic mass is 32.2. The lowest BCUT2D eigenvalue weighted by atomic mass is 10.1. The highest BCUT2D eigenvalue weighted by molar-refractivity contribution is 7.99. The highest BCUT2D eigenvalue weighted by Gasteiger charge is 2.23. The van der Waals surface area contributed by atoms with Gasteiger partial charge in [0, 0.05) is 49.4 Å². The number of rotatable bonds is 5. The van der Waals surface area contributed by atoms with E-state index in [1.807, 2.05) is 71.5 Å². The van der Waals surface area contributed by atoms with Gasteiger partial charge in [-0.2, -0.15) is 5.10 Å². The third kappa shape index (κ3) is 3.73. The zero-order valence-corrected chi connectivity index (χ0v) is 18.3. The van der Waals surface area contributed by atoms with Crippen LogP contribution >= 0.6 is 11.8 Å². The SMILES string of the molecule is CN(Cc1cn(-c2ccccc2)nc1-c1ccccc1)C(=O)c1cnc2n(c1=O)CCS2. The second-order valence-corrected chi connectivity index (χ2v) is 8.63. The summed E-state index contributed by atoms with van der Waals surface area (Å²) in [5.74, 6) is 0.454. The number of carbonyl (C=O) groups excluding carboxylic acids is 1. The predicted molar refractivity (Wildman–Crippen MR) is 124 cm³/mol. The molecule has 1 aliphatic rings. The summed E-state index contributed by atoms with van der Waals surface area (Å²) in [6, 6.07) is 19.7. The number of hydrogen-bond donors (Lipinski definition) is 0. The first kappa shape index (κ1) is 20.3. The van der Waals surface area contributed by atoms with E-state index in [0.717, 1.165) is 28.3 Å². The number of benzene rings is 2. The van der Waals surface area contributed by atoms with Gasteiger partial charge in [0.25, 0.3) is 11.5 Å². The first-order valence-corrected chi connectivity index (χ1v) is 11.3. The molecule has 160 valence electrons. The summed E-state index contributed by atoms with van der Waals surface area (Å²) >= 11 is 1.53. The quantitative estimate of drug-likeness (QED) is 0.442. The summed E-state index contributed by atoms with van der Waals surface area (Å²) in [7, 11) is 1.70. The summed E-state index contributed by atoms with van der Waals surface area (Å²) in [5, 5.41) is 5.47. The molecule has 7 nitrogen and oxygen atoms in total. The summed E-state index contributed by atoms with van der Waals surface area (Å²) in [5.41, 5.74) is 3.41. The van der Waals surface area contributed by atoms with Gasteiger partial charge in [0.05, 0.1) is 11.4 Å². The van der Waals surface area contributed by atoms with Crippen molar-refractivity contribution in [2.45, 2.75) is 18.2 Å². The van der Waals surface area contributed by atoms with Crippen LogP contribution in [0.5, 0.6) is 0 Å². The number of nitrogens with zero attached hydrogens (tertiary/aromatic N) is 5. The molecule has 2 aromatic carbocycles. The Labute approximate surface area is 189 Å². The fourth-order valence-electron chi connectivity index (χ4n) is 3.77. The second kappa shape index (κ2) is 8.47. The molecular formula is C24H21N5O2S. The minimum Gasteiger partial charge on any atom is -0.337 e. The number of carbonyl (C=O) groups is 1. The van der Waals surface area contributed by atoms with Crippen LogP contribution in [0, 0.1) is 0 Å². The van der Waals surface area contributed by atoms with Crippen LogP contribution in [0.1, 0.15) is 15.9 Å². The van der Waals surface area contributed by atoms with Crippen LogP contribution in [0.25, 0.3) is 16.9 Å². The number of thioether (sulfide) groups is 1. The fourth-order valence-corrected chi connectivity index (χ4v) is 4.69. The Morgan fingerprint density at radius 1 is 1.09 bits per heavy atom. The molecule has 32 heavy (non-hydrogen) atoms. The summed E-state index contributed by atoms with van der Waals surface area (Å²) in [4.78, 5) is 31.8. The number of fused-ring (bicyclic) bond motifs is 1. The van der Waals surface area contributed by atoms with E-state index in [2.05, 4.69) is 4.98 Å². The van der Waals surface area contributed by atoms with E-state index in [4.69, 9.17) is 5.10 Å². The first-order chi connectivity index (χ1) is 15.6. The van der Waals surface area contributed by atoms with Crippen molar-refractivity contribution in [3.63, 3.8) is 0 Å². The maximum Gasteiger partial charge on any atom is 0.267 e. The molecule has 0 spiro atoms. The molecule has 0 radical (unpaired) electrons. The van der Waals surface area contributed by atoms with Crippen LogP contribution in [0.2, 0.25) is 0 Å². The third-order valence-electron chi connectivity index (χ3n) is 5.40. The van der Waals surface area contributed by atoms with E-state index in [1.165, 1.54) is 18.0 Å². The maximum atomic E-state index is 13.1. The second-order valence-electron chi connectivity index (χ2n) is 7.57. The molecule has 0 saturated heterocycles. The van der Waals surface area contributed by atoms with Crippen molar-refractivity contribution in [2.75, 3.05) is 12.8 Å². The molecule has 0 aliphatic carbocycles. The monoisotopic (exact) mass is 443 g/mol. The van der Waals surface area contributed by atoms with Crippen molar-refractivity contribution in [2.24, 2.45) is 0 Å². The zero-order chi connectivity index (χ0) is 22.1. The highest BCUT2D eigenvalue weighted by Crippen LogP contribution is 2.25. The normalized spacial score (nSPS) is 12.5. The van der Waals surface area contributed by atoms with Crippen LogP contribution in [-0.2, 0) is 13.1 Å². The predicted octanol–water partition coefficient (Wildman–Crippen LogP) is 3.47. The molecule has 0 unspecified atom stereocenters. The van der Waals surface area contributed by atoms with Crippen molar-refractivity contribution < 1.29 is 4.79 Å². The maximum absolute atomic E-state index is 13.1. The molecule has 1 aliphatic heterocycles. The van der Waals surface area contributed by atoms with E-state index in [1.54, 1.807) is 16.5 Å². The summed E-state index contributed by atoms with van der Waals surface area (Å²) in [6.45, 7) is 0.893. The fraction of sp³-hybridized carbons (Fsp3) is 0.167. The van der Waals surface area contributed by atoms with Crippen molar-refractivity contribution >= 4 is 17.7 Å². The molecule has 4 aromatic rings. The lowest BCUT2D eigenvalue weighted by Gasteiger charge is -2.17. The van der Waals surface area contributed by atoms with Crippen molar-refractivity contribution in [1.82, 2.24) is 24.2 Å². The number of aromatic nitrogens is 4. The summed E-state index contributed by atoms with van der Waals surface area (Å²) < 4.78 is 3.40. The number of hydrogen-bond acceptors (Lipinski definition) is 5.